The highest BCUT2D eigenvalue weighted by Gasteiger charge is 2.15. The van der Waals surface area contributed by atoms with Crippen molar-refractivity contribution >= 4 is 29.3 Å². The van der Waals surface area contributed by atoms with Crippen LogP contribution < -0.4 is 15.5 Å². The number of rotatable bonds is 6. The molecule has 0 spiro atoms. The van der Waals surface area contributed by atoms with Crippen LogP contribution >= 0.6 is 11.6 Å². The molecule has 1 aliphatic heterocycles. The summed E-state index contributed by atoms with van der Waals surface area (Å²) in [6, 6.07) is 9.01. The van der Waals surface area contributed by atoms with Gasteiger partial charge in [-0.2, -0.15) is 4.98 Å². The SMILES string of the molecule is Cc1cc(N2CCCC2)nc(NCCNC(=O)c2ccccc2Cl)n1. The maximum absolute atomic E-state index is 12.1. The fourth-order valence-corrected chi connectivity index (χ4v) is 3.05. The van der Waals surface area contributed by atoms with Crippen LogP contribution in [0.5, 0.6) is 0 Å². The van der Waals surface area contributed by atoms with Gasteiger partial charge in [0, 0.05) is 37.9 Å². The molecule has 1 saturated heterocycles. The van der Waals surface area contributed by atoms with Gasteiger partial charge in [0.05, 0.1) is 10.6 Å². The lowest BCUT2D eigenvalue weighted by atomic mass is 10.2. The molecule has 25 heavy (non-hydrogen) atoms. The molecule has 0 atom stereocenters. The van der Waals surface area contributed by atoms with Gasteiger partial charge >= 0.3 is 0 Å². The quantitative estimate of drug-likeness (QED) is 0.776. The minimum absolute atomic E-state index is 0.185. The summed E-state index contributed by atoms with van der Waals surface area (Å²) >= 11 is 6.02. The Bertz CT molecular complexity index is 746. The number of aryl methyl sites for hydroxylation is 1. The zero-order valence-corrected chi connectivity index (χ0v) is 15.0. The van der Waals surface area contributed by atoms with Gasteiger partial charge in [-0.05, 0) is 31.9 Å². The van der Waals surface area contributed by atoms with E-state index in [0.717, 1.165) is 24.6 Å². The van der Waals surface area contributed by atoms with Gasteiger partial charge < -0.3 is 15.5 Å². The highest BCUT2D eigenvalue weighted by Crippen LogP contribution is 2.19. The summed E-state index contributed by atoms with van der Waals surface area (Å²) in [6.07, 6.45) is 2.42. The molecule has 2 N–H and O–H groups in total. The fourth-order valence-electron chi connectivity index (χ4n) is 2.83. The van der Waals surface area contributed by atoms with Crippen LogP contribution in [0.3, 0.4) is 0 Å². The molecule has 1 aromatic carbocycles. The van der Waals surface area contributed by atoms with Gasteiger partial charge in [0.2, 0.25) is 5.95 Å². The first-order chi connectivity index (χ1) is 12.1. The summed E-state index contributed by atoms with van der Waals surface area (Å²) in [4.78, 5) is 23.4. The first-order valence-electron chi connectivity index (χ1n) is 8.51. The van der Waals surface area contributed by atoms with Crippen molar-refractivity contribution in [2.75, 3.05) is 36.4 Å². The Balaban J connectivity index is 1.52. The molecule has 0 aliphatic carbocycles. The maximum atomic E-state index is 12.1. The number of nitrogens with one attached hydrogen (secondary N) is 2. The van der Waals surface area contributed by atoms with Gasteiger partial charge in [-0.25, -0.2) is 4.98 Å². The molecule has 7 heteroatoms. The Morgan fingerprint density at radius 1 is 1.20 bits per heavy atom. The molecular weight excluding hydrogens is 338 g/mol. The van der Waals surface area contributed by atoms with Crippen LogP contribution in [0.15, 0.2) is 30.3 Å². The average Bonchev–Trinajstić information content (AvgIpc) is 3.13. The van der Waals surface area contributed by atoms with Crippen LogP contribution in [-0.2, 0) is 0 Å². The van der Waals surface area contributed by atoms with E-state index < -0.39 is 0 Å². The number of amides is 1. The third-order valence-electron chi connectivity index (χ3n) is 4.08. The fraction of sp³-hybridized carbons (Fsp3) is 0.389. The van der Waals surface area contributed by atoms with Crippen LogP contribution in [0.4, 0.5) is 11.8 Å². The van der Waals surface area contributed by atoms with Crippen LogP contribution in [-0.4, -0.2) is 42.1 Å². The molecule has 1 aliphatic rings. The predicted molar refractivity (Wildman–Crippen MR) is 100 cm³/mol. The summed E-state index contributed by atoms with van der Waals surface area (Å²) < 4.78 is 0. The molecular formula is C18H22ClN5O. The number of nitrogens with zero attached hydrogens (tertiary/aromatic N) is 3. The van der Waals surface area contributed by atoms with Gasteiger partial charge in [0.15, 0.2) is 0 Å². The van der Waals surface area contributed by atoms with Crippen molar-refractivity contribution in [2.45, 2.75) is 19.8 Å². The van der Waals surface area contributed by atoms with Gasteiger partial charge in [-0.15, -0.1) is 0 Å². The summed E-state index contributed by atoms with van der Waals surface area (Å²) in [5, 5.41) is 6.47. The molecule has 132 valence electrons. The van der Waals surface area contributed by atoms with E-state index in [1.54, 1.807) is 24.3 Å². The van der Waals surface area contributed by atoms with Gasteiger partial charge in [0.1, 0.15) is 5.82 Å². The second-order valence-corrected chi connectivity index (χ2v) is 6.46. The molecule has 2 aromatic rings. The third-order valence-corrected chi connectivity index (χ3v) is 4.41. The number of anilines is 2. The second kappa shape index (κ2) is 8.16. The van der Waals surface area contributed by atoms with E-state index in [2.05, 4.69) is 25.5 Å². The Labute approximate surface area is 152 Å². The Kier molecular flexibility index (Phi) is 5.71. The van der Waals surface area contributed by atoms with Crippen molar-refractivity contribution in [2.24, 2.45) is 0 Å². The smallest absolute Gasteiger partial charge is 0.252 e. The molecule has 0 bridgehead atoms. The van der Waals surface area contributed by atoms with Crippen molar-refractivity contribution in [1.82, 2.24) is 15.3 Å². The molecule has 0 saturated carbocycles. The van der Waals surface area contributed by atoms with Gasteiger partial charge in [-0.3, -0.25) is 4.79 Å². The minimum atomic E-state index is -0.185. The molecule has 2 heterocycles. The molecule has 3 rings (SSSR count). The number of hydrogen-bond acceptors (Lipinski definition) is 5. The zero-order valence-electron chi connectivity index (χ0n) is 14.3. The molecule has 0 radical (unpaired) electrons. The van der Waals surface area contributed by atoms with E-state index >= 15 is 0 Å². The van der Waals surface area contributed by atoms with Crippen molar-refractivity contribution in [3.63, 3.8) is 0 Å². The van der Waals surface area contributed by atoms with Gasteiger partial charge in [0.25, 0.3) is 5.91 Å². The topological polar surface area (TPSA) is 70.2 Å². The van der Waals surface area contributed by atoms with E-state index in [4.69, 9.17) is 11.6 Å². The van der Waals surface area contributed by atoms with E-state index in [1.165, 1.54) is 12.8 Å². The Hall–Kier alpha value is -2.34. The summed E-state index contributed by atoms with van der Waals surface area (Å²) in [5.74, 6) is 1.37. The first kappa shape index (κ1) is 17.5. The summed E-state index contributed by atoms with van der Waals surface area (Å²) in [5.41, 5.74) is 1.41. The Morgan fingerprint density at radius 2 is 1.96 bits per heavy atom. The molecule has 1 amide bonds. The number of carbonyl (C=O) groups excluding carboxylic acids is 1. The highest BCUT2D eigenvalue weighted by atomic mass is 35.5. The van der Waals surface area contributed by atoms with Crippen molar-refractivity contribution < 1.29 is 4.79 Å². The van der Waals surface area contributed by atoms with E-state index in [-0.39, 0.29) is 5.91 Å². The predicted octanol–water partition coefficient (Wildman–Crippen LogP) is 2.88. The summed E-state index contributed by atoms with van der Waals surface area (Å²) in [6.45, 7) is 5.05. The maximum Gasteiger partial charge on any atom is 0.252 e. The highest BCUT2D eigenvalue weighted by molar-refractivity contribution is 6.33. The largest absolute Gasteiger partial charge is 0.356 e. The first-order valence-corrected chi connectivity index (χ1v) is 8.88. The van der Waals surface area contributed by atoms with Gasteiger partial charge in [-0.1, -0.05) is 23.7 Å². The molecule has 1 aromatic heterocycles. The normalized spacial score (nSPS) is 13.8. The molecule has 0 unspecified atom stereocenters. The minimum Gasteiger partial charge on any atom is -0.356 e. The van der Waals surface area contributed by atoms with E-state index in [0.29, 0.717) is 29.6 Å². The third kappa shape index (κ3) is 4.60. The van der Waals surface area contributed by atoms with Crippen LogP contribution in [0.25, 0.3) is 0 Å². The lowest BCUT2D eigenvalue weighted by Crippen LogP contribution is -2.29. The lowest BCUT2D eigenvalue weighted by Gasteiger charge is -2.17. The lowest BCUT2D eigenvalue weighted by molar-refractivity contribution is 0.0955. The van der Waals surface area contributed by atoms with Crippen molar-refractivity contribution in [1.29, 1.82) is 0 Å². The monoisotopic (exact) mass is 359 g/mol. The van der Waals surface area contributed by atoms with E-state index in [1.807, 2.05) is 13.0 Å². The van der Waals surface area contributed by atoms with Crippen LogP contribution in [0, 0.1) is 6.92 Å². The van der Waals surface area contributed by atoms with E-state index in [9.17, 15) is 4.79 Å². The zero-order chi connectivity index (χ0) is 17.6. The van der Waals surface area contributed by atoms with Crippen molar-refractivity contribution in [3.05, 3.63) is 46.6 Å². The number of aromatic nitrogens is 2. The standard InChI is InChI=1S/C18H22ClN5O/c1-13-12-16(24-10-4-5-11-24)23-18(22-13)21-9-8-20-17(25)14-6-2-3-7-15(14)19/h2-3,6-7,12H,4-5,8-11H2,1H3,(H,20,25)(H,21,22,23). The van der Waals surface area contributed by atoms with Crippen molar-refractivity contribution in [3.8, 4) is 0 Å². The molecule has 1 fully saturated rings. The number of carbonyl (C=O) groups is 1. The number of benzene rings is 1. The average molecular weight is 360 g/mol. The molecule has 6 nitrogen and oxygen atoms in total. The summed E-state index contributed by atoms with van der Waals surface area (Å²) in [7, 11) is 0. The number of hydrogen-bond donors (Lipinski definition) is 2. The Morgan fingerprint density at radius 3 is 2.72 bits per heavy atom. The number of halogens is 1. The second-order valence-electron chi connectivity index (χ2n) is 6.05. The van der Waals surface area contributed by atoms with Crippen LogP contribution in [0.1, 0.15) is 28.9 Å². The van der Waals surface area contributed by atoms with Crippen LogP contribution in [0.2, 0.25) is 5.02 Å².